The third kappa shape index (κ3) is 3.13. The van der Waals surface area contributed by atoms with Gasteiger partial charge in [-0.15, -0.1) is 0 Å². The molecule has 0 bridgehead atoms. The van der Waals surface area contributed by atoms with Crippen LogP contribution >= 0.6 is 0 Å². The molecule has 1 aliphatic carbocycles. The molecule has 2 atom stereocenters. The minimum atomic E-state index is -0.364. The van der Waals surface area contributed by atoms with Gasteiger partial charge in [-0.2, -0.15) is 0 Å². The predicted molar refractivity (Wildman–Crippen MR) is 68.1 cm³/mol. The van der Waals surface area contributed by atoms with Gasteiger partial charge in [-0.05, 0) is 37.3 Å². The van der Waals surface area contributed by atoms with Crippen LogP contribution in [0.3, 0.4) is 0 Å². The van der Waals surface area contributed by atoms with Crippen LogP contribution in [0, 0.1) is 5.92 Å². The summed E-state index contributed by atoms with van der Waals surface area (Å²) in [6, 6.07) is 3.34. The molecule has 1 heterocycles. The molecule has 1 aromatic heterocycles. The van der Waals surface area contributed by atoms with Crippen LogP contribution in [-0.4, -0.2) is 12.1 Å². The number of furan rings is 1. The molecule has 0 aromatic carbocycles. The Hall–Kier alpha value is -1.29. The SMILES string of the molecule is CCC1CCCC(OC(=O)c2ccc(CN)o2)C1. The summed E-state index contributed by atoms with van der Waals surface area (Å²) in [5, 5.41) is 0. The van der Waals surface area contributed by atoms with E-state index >= 15 is 0 Å². The number of hydrogen-bond donors (Lipinski definition) is 1. The molecule has 0 spiro atoms. The van der Waals surface area contributed by atoms with Crippen LogP contribution in [0.15, 0.2) is 16.5 Å². The summed E-state index contributed by atoms with van der Waals surface area (Å²) in [4.78, 5) is 11.9. The quantitative estimate of drug-likeness (QED) is 0.836. The zero-order chi connectivity index (χ0) is 13.0. The summed E-state index contributed by atoms with van der Waals surface area (Å²) in [7, 11) is 0. The van der Waals surface area contributed by atoms with Gasteiger partial charge in [0.15, 0.2) is 0 Å². The van der Waals surface area contributed by atoms with Crippen LogP contribution in [0.25, 0.3) is 0 Å². The number of rotatable bonds is 4. The lowest BCUT2D eigenvalue weighted by Crippen LogP contribution is -2.25. The van der Waals surface area contributed by atoms with Crippen molar-refractivity contribution in [1.82, 2.24) is 0 Å². The van der Waals surface area contributed by atoms with Gasteiger partial charge >= 0.3 is 5.97 Å². The van der Waals surface area contributed by atoms with E-state index < -0.39 is 0 Å². The molecule has 18 heavy (non-hydrogen) atoms. The molecule has 0 radical (unpaired) electrons. The third-order valence-electron chi connectivity index (χ3n) is 3.65. The molecule has 1 aromatic rings. The molecule has 1 fully saturated rings. The topological polar surface area (TPSA) is 65.5 Å². The second-order valence-electron chi connectivity index (χ2n) is 4.94. The average molecular weight is 251 g/mol. The van der Waals surface area contributed by atoms with E-state index in [2.05, 4.69) is 6.92 Å². The first-order valence-electron chi connectivity index (χ1n) is 6.72. The van der Waals surface area contributed by atoms with Crippen LogP contribution in [0.2, 0.25) is 0 Å². The lowest BCUT2D eigenvalue weighted by atomic mass is 9.85. The van der Waals surface area contributed by atoms with Crippen molar-refractivity contribution in [2.45, 2.75) is 51.7 Å². The predicted octanol–water partition coefficient (Wildman–Crippen LogP) is 2.86. The Morgan fingerprint density at radius 2 is 2.33 bits per heavy atom. The van der Waals surface area contributed by atoms with Crippen molar-refractivity contribution < 1.29 is 13.9 Å². The Morgan fingerprint density at radius 1 is 1.50 bits per heavy atom. The summed E-state index contributed by atoms with van der Waals surface area (Å²) >= 11 is 0. The third-order valence-corrected chi connectivity index (χ3v) is 3.65. The van der Waals surface area contributed by atoms with E-state index in [4.69, 9.17) is 14.9 Å². The largest absolute Gasteiger partial charge is 0.457 e. The lowest BCUT2D eigenvalue weighted by molar-refractivity contribution is 0.0106. The van der Waals surface area contributed by atoms with Crippen molar-refractivity contribution in [3.63, 3.8) is 0 Å². The highest BCUT2D eigenvalue weighted by Crippen LogP contribution is 2.29. The first-order chi connectivity index (χ1) is 8.72. The fraction of sp³-hybridized carbons (Fsp3) is 0.643. The maximum absolute atomic E-state index is 11.9. The van der Waals surface area contributed by atoms with E-state index in [-0.39, 0.29) is 17.8 Å². The summed E-state index contributed by atoms with van der Waals surface area (Å²) in [6.07, 6.45) is 5.54. The van der Waals surface area contributed by atoms with Crippen LogP contribution in [-0.2, 0) is 11.3 Å². The second-order valence-corrected chi connectivity index (χ2v) is 4.94. The number of nitrogens with two attached hydrogens (primary N) is 1. The highest BCUT2D eigenvalue weighted by molar-refractivity contribution is 5.86. The smallest absolute Gasteiger partial charge is 0.374 e. The fourth-order valence-electron chi connectivity index (χ4n) is 2.53. The highest BCUT2D eigenvalue weighted by Gasteiger charge is 2.25. The summed E-state index contributed by atoms with van der Waals surface area (Å²) < 4.78 is 10.8. The Labute approximate surface area is 107 Å². The zero-order valence-corrected chi connectivity index (χ0v) is 10.9. The van der Waals surface area contributed by atoms with Gasteiger partial charge in [0.05, 0.1) is 6.54 Å². The summed E-state index contributed by atoms with van der Waals surface area (Å²) in [5.74, 6) is 1.19. The van der Waals surface area contributed by atoms with Gasteiger partial charge in [-0.3, -0.25) is 0 Å². The summed E-state index contributed by atoms with van der Waals surface area (Å²) in [6.45, 7) is 2.49. The van der Waals surface area contributed by atoms with Crippen LogP contribution in [0.4, 0.5) is 0 Å². The molecule has 100 valence electrons. The van der Waals surface area contributed by atoms with E-state index in [1.165, 1.54) is 6.42 Å². The van der Waals surface area contributed by atoms with Gasteiger partial charge in [0.2, 0.25) is 5.76 Å². The molecular formula is C14H21NO3. The van der Waals surface area contributed by atoms with E-state index in [0.717, 1.165) is 25.7 Å². The van der Waals surface area contributed by atoms with E-state index in [1.54, 1.807) is 12.1 Å². The molecule has 0 aliphatic heterocycles. The van der Waals surface area contributed by atoms with Crippen molar-refractivity contribution in [1.29, 1.82) is 0 Å². The molecule has 4 heteroatoms. The molecule has 2 N–H and O–H groups in total. The Kier molecular flexibility index (Phi) is 4.42. The molecule has 2 rings (SSSR count). The molecular weight excluding hydrogens is 230 g/mol. The van der Waals surface area contributed by atoms with Crippen LogP contribution < -0.4 is 5.73 Å². The van der Waals surface area contributed by atoms with Crippen molar-refractivity contribution in [3.8, 4) is 0 Å². The Bertz CT molecular complexity index is 399. The molecule has 1 saturated carbocycles. The first-order valence-corrected chi connectivity index (χ1v) is 6.72. The van der Waals surface area contributed by atoms with E-state index in [1.807, 2.05) is 0 Å². The maximum Gasteiger partial charge on any atom is 0.374 e. The molecule has 4 nitrogen and oxygen atoms in total. The van der Waals surface area contributed by atoms with Gasteiger partial charge in [0, 0.05) is 0 Å². The van der Waals surface area contributed by atoms with E-state index in [0.29, 0.717) is 18.2 Å². The van der Waals surface area contributed by atoms with Gasteiger partial charge in [0.25, 0.3) is 0 Å². The second kappa shape index (κ2) is 6.05. The molecule has 1 aliphatic rings. The standard InChI is InChI=1S/C14H21NO3/c1-2-10-4-3-5-11(8-10)18-14(16)13-7-6-12(9-15)17-13/h6-7,10-11H,2-5,8-9,15H2,1H3. The number of hydrogen-bond acceptors (Lipinski definition) is 4. The van der Waals surface area contributed by atoms with Gasteiger partial charge < -0.3 is 14.9 Å². The van der Waals surface area contributed by atoms with Crippen molar-refractivity contribution in [3.05, 3.63) is 23.7 Å². The van der Waals surface area contributed by atoms with Gasteiger partial charge in [0.1, 0.15) is 11.9 Å². The van der Waals surface area contributed by atoms with Crippen molar-refractivity contribution in [2.24, 2.45) is 11.7 Å². The zero-order valence-electron chi connectivity index (χ0n) is 10.9. The summed E-state index contributed by atoms with van der Waals surface area (Å²) in [5.41, 5.74) is 5.44. The Balaban J connectivity index is 1.90. The number of ether oxygens (including phenoxy) is 1. The van der Waals surface area contributed by atoms with Gasteiger partial charge in [-0.25, -0.2) is 4.79 Å². The minimum Gasteiger partial charge on any atom is -0.457 e. The average Bonchev–Trinajstić information content (AvgIpc) is 2.88. The lowest BCUT2D eigenvalue weighted by Gasteiger charge is -2.27. The number of carbonyl (C=O) groups is 1. The normalized spacial score (nSPS) is 23.9. The number of carbonyl (C=O) groups excluding carboxylic acids is 1. The first kappa shape index (κ1) is 13.1. The van der Waals surface area contributed by atoms with E-state index in [9.17, 15) is 4.79 Å². The maximum atomic E-state index is 11.9. The fourth-order valence-corrected chi connectivity index (χ4v) is 2.53. The van der Waals surface area contributed by atoms with Crippen LogP contribution in [0.1, 0.15) is 55.3 Å². The van der Waals surface area contributed by atoms with Crippen molar-refractivity contribution >= 4 is 5.97 Å². The minimum absolute atomic E-state index is 0.0441. The van der Waals surface area contributed by atoms with Crippen LogP contribution in [0.5, 0.6) is 0 Å². The Morgan fingerprint density at radius 3 is 3.00 bits per heavy atom. The highest BCUT2D eigenvalue weighted by atomic mass is 16.6. The monoisotopic (exact) mass is 251 g/mol. The number of esters is 1. The molecule has 2 unspecified atom stereocenters. The van der Waals surface area contributed by atoms with Gasteiger partial charge in [-0.1, -0.05) is 19.8 Å². The van der Waals surface area contributed by atoms with Crippen molar-refractivity contribution in [2.75, 3.05) is 0 Å². The molecule has 0 amide bonds. The molecule has 0 saturated heterocycles.